The van der Waals surface area contributed by atoms with E-state index in [0.717, 1.165) is 23.4 Å². The zero-order valence-corrected chi connectivity index (χ0v) is 36.8. The maximum atomic E-state index is 14.4. The number of nitrogens with one attached hydrogen (secondary N) is 2. The van der Waals surface area contributed by atoms with Crippen molar-refractivity contribution in [3.8, 4) is 0 Å². The summed E-state index contributed by atoms with van der Waals surface area (Å²) in [6.07, 6.45) is 3.98. The second-order valence-electron chi connectivity index (χ2n) is 16.6. The van der Waals surface area contributed by atoms with Crippen LogP contribution < -0.4 is 10.6 Å². The Bertz CT molecular complexity index is 1500. The molecule has 1 aromatic heterocycles. The number of nitrogens with zero attached hydrogens (tertiary/aromatic N) is 4. The molecule has 12 nitrogen and oxygen atoms in total. The zero-order chi connectivity index (χ0) is 41.7. The lowest BCUT2D eigenvalue weighted by molar-refractivity contribution is -0.147. The number of methoxy groups -OCH3 is 2. The van der Waals surface area contributed by atoms with Crippen molar-refractivity contribution in [2.24, 2.45) is 23.7 Å². The van der Waals surface area contributed by atoms with Crippen LogP contribution in [0, 0.1) is 23.7 Å². The summed E-state index contributed by atoms with van der Waals surface area (Å²) in [6.45, 7) is 14.6. The summed E-state index contributed by atoms with van der Waals surface area (Å²) in [6, 6.07) is 7.87. The lowest BCUT2D eigenvalue weighted by atomic mass is 9.89. The highest BCUT2D eigenvalue weighted by molar-refractivity contribution is 7.09. The first-order valence-corrected chi connectivity index (χ1v) is 21.3. The summed E-state index contributed by atoms with van der Waals surface area (Å²) < 4.78 is 12.1. The molecule has 0 bridgehead atoms. The van der Waals surface area contributed by atoms with Crippen molar-refractivity contribution in [2.45, 2.75) is 129 Å². The molecular weight excluding hydrogens is 729 g/mol. The molecule has 0 aliphatic carbocycles. The van der Waals surface area contributed by atoms with Crippen molar-refractivity contribution in [2.75, 3.05) is 41.9 Å². The Hall–Kier alpha value is -3.39. The predicted molar refractivity (Wildman–Crippen MR) is 223 cm³/mol. The number of benzene rings is 1. The van der Waals surface area contributed by atoms with Crippen LogP contribution in [-0.4, -0.2) is 122 Å². The van der Waals surface area contributed by atoms with Crippen LogP contribution in [0.2, 0.25) is 0 Å². The minimum atomic E-state index is -0.727. The Labute approximate surface area is 340 Å². The van der Waals surface area contributed by atoms with E-state index in [1.807, 2.05) is 94.2 Å². The molecule has 1 saturated heterocycles. The number of ether oxygens (including phenoxy) is 2. The Morgan fingerprint density at radius 3 is 2.18 bits per heavy atom. The molecule has 1 fully saturated rings. The Morgan fingerprint density at radius 1 is 0.964 bits per heavy atom. The molecule has 56 heavy (non-hydrogen) atoms. The Kier molecular flexibility index (Phi) is 18.9. The van der Waals surface area contributed by atoms with Crippen LogP contribution in [0.5, 0.6) is 0 Å². The molecule has 314 valence electrons. The average molecular weight is 799 g/mol. The summed E-state index contributed by atoms with van der Waals surface area (Å²) in [4.78, 5) is 66.1. The van der Waals surface area contributed by atoms with Crippen molar-refractivity contribution in [3.05, 3.63) is 52.5 Å². The molecule has 0 saturated carbocycles. The lowest BCUT2D eigenvalue weighted by Crippen LogP contribution is -2.58. The van der Waals surface area contributed by atoms with Gasteiger partial charge in [0, 0.05) is 39.4 Å². The third-order valence-electron chi connectivity index (χ3n) is 11.4. The molecule has 4 amide bonds. The number of aromatic nitrogens is 1. The molecule has 0 radical (unpaired) electrons. The summed E-state index contributed by atoms with van der Waals surface area (Å²) in [7, 11) is 8.69. The van der Waals surface area contributed by atoms with Crippen molar-refractivity contribution in [1.82, 2.24) is 30.3 Å². The Morgan fingerprint density at radius 2 is 1.64 bits per heavy atom. The predicted octanol–water partition coefficient (Wildman–Crippen LogP) is 5.58. The largest absolute Gasteiger partial charge is 0.379 e. The van der Waals surface area contributed by atoms with Gasteiger partial charge >= 0.3 is 0 Å². The van der Waals surface area contributed by atoms with Gasteiger partial charge in [-0.3, -0.25) is 24.1 Å². The van der Waals surface area contributed by atoms with Gasteiger partial charge in [0.1, 0.15) is 11.0 Å². The van der Waals surface area contributed by atoms with E-state index in [2.05, 4.69) is 29.5 Å². The van der Waals surface area contributed by atoms with E-state index in [9.17, 15) is 19.2 Å². The molecule has 1 aliphatic heterocycles. The highest BCUT2D eigenvalue weighted by Crippen LogP contribution is 2.30. The standard InChI is InChI=1S/C43H70N6O6S/c1-13-29(6)38(48(10)43(53)33(24-27(2)3)46-41(52)37(28(4)5)47(8)9)35(54-11)26-36(50)49-22-17-20-34(49)39(55-12)30(7)40(51)45-32(42-44-21-23-56-42)25-31-18-15-14-16-19-31/h14-16,18-19,21,23,27-30,32-35,37-39H,13,17,20,22,24-26H2,1-12H3,(H,45,51)(H,46,52)/t29-,30+,32-,33-,34-,35+,37-,38-,39+/m0/s1. The van der Waals surface area contributed by atoms with Crippen LogP contribution in [0.3, 0.4) is 0 Å². The first-order valence-electron chi connectivity index (χ1n) is 20.4. The second-order valence-corrected chi connectivity index (χ2v) is 17.5. The monoisotopic (exact) mass is 799 g/mol. The van der Waals surface area contributed by atoms with Gasteiger partial charge < -0.3 is 29.9 Å². The van der Waals surface area contributed by atoms with Gasteiger partial charge in [-0.15, -0.1) is 11.3 Å². The fraction of sp³-hybridized carbons (Fsp3) is 0.698. The van der Waals surface area contributed by atoms with Gasteiger partial charge in [-0.25, -0.2) is 4.98 Å². The molecule has 1 aliphatic rings. The van der Waals surface area contributed by atoms with E-state index < -0.39 is 30.2 Å². The van der Waals surface area contributed by atoms with Crippen LogP contribution in [-0.2, 0) is 35.1 Å². The van der Waals surface area contributed by atoms with Gasteiger partial charge in [-0.1, -0.05) is 85.2 Å². The lowest BCUT2D eigenvalue weighted by Gasteiger charge is -2.40. The molecule has 2 N–H and O–H groups in total. The number of rotatable bonds is 22. The molecule has 2 aromatic rings. The van der Waals surface area contributed by atoms with Crippen LogP contribution in [0.4, 0.5) is 0 Å². The molecule has 13 heteroatoms. The average Bonchev–Trinajstić information content (AvgIpc) is 3.87. The topological polar surface area (TPSA) is 133 Å². The second kappa shape index (κ2) is 22.5. The van der Waals surface area contributed by atoms with E-state index in [0.29, 0.717) is 25.8 Å². The number of thiazole rings is 1. The number of carbonyl (C=O) groups excluding carboxylic acids is 4. The molecule has 9 atom stereocenters. The van der Waals surface area contributed by atoms with E-state index >= 15 is 0 Å². The maximum Gasteiger partial charge on any atom is 0.245 e. The third-order valence-corrected chi connectivity index (χ3v) is 12.3. The fourth-order valence-corrected chi connectivity index (χ4v) is 9.08. The summed E-state index contributed by atoms with van der Waals surface area (Å²) in [5.74, 6) is -0.992. The first kappa shape index (κ1) is 47.0. The van der Waals surface area contributed by atoms with Crippen LogP contribution in [0.25, 0.3) is 0 Å². The normalized spacial score (nSPS) is 18.9. The van der Waals surface area contributed by atoms with Crippen LogP contribution >= 0.6 is 11.3 Å². The Balaban J connectivity index is 1.80. The van der Waals surface area contributed by atoms with E-state index in [-0.39, 0.29) is 65.9 Å². The van der Waals surface area contributed by atoms with Crippen molar-refractivity contribution < 1.29 is 28.7 Å². The van der Waals surface area contributed by atoms with Gasteiger partial charge in [0.2, 0.25) is 23.6 Å². The number of hydrogen-bond acceptors (Lipinski definition) is 9. The minimum absolute atomic E-state index is 0.00577. The van der Waals surface area contributed by atoms with Crippen molar-refractivity contribution in [3.63, 3.8) is 0 Å². The van der Waals surface area contributed by atoms with Gasteiger partial charge in [0.25, 0.3) is 0 Å². The molecule has 0 unspecified atom stereocenters. The highest BCUT2D eigenvalue weighted by Gasteiger charge is 2.43. The van der Waals surface area contributed by atoms with Gasteiger partial charge in [-0.05, 0) is 63.1 Å². The SMILES string of the molecule is CC[C@H](C)[C@@H]([C@@H](CC(=O)N1CCC[C@H]1[C@H](OC)[C@@H](C)C(=O)N[C@@H](Cc1ccccc1)c1nccs1)OC)N(C)C(=O)[C@H](CC(C)C)NC(=O)[C@H](C(C)C)N(C)C. The fourth-order valence-electron chi connectivity index (χ4n) is 8.40. The van der Waals surface area contributed by atoms with Gasteiger partial charge in [0.15, 0.2) is 0 Å². The smallest absolute Gasteiger partial charge is 0.245 e. The molecular formula is C43H70N6O6S. The number of amides is 4. The van der Waals surface area contributed by atoms with Crippen molar-refractivity contribution in [1.29, 1.82) is 0 Å². The third kappa shape index (κ3) is 12.6. The number of likely N-dealkylation sites (tertiary alicyclic amines) is 1. The first-order chi connectivity index (χ1) is 26.6. The highest BCUT2D eigenvalue weighted by atomic mass is 32.1. The van der Waals surface area contributed by atoms with Gasteiger partial charge in [0.05, 0.1) is 48.7 Å². The van der Waals surface area contributed by atoms with Gasteiger partial charge in [-0.2, -0.15) is 0 Å². The number of likely N-dealkylation sites (N-methyl/N-ethyl adjacent to an activating group) is 2. The van der Waals surface area contributed by atoms with E-state index in [1.54, 1.807) is 32.4 Å². The molecule has 3 rings (SSSR count). The number of carbonyl (C=O) groups is 4. The van der Waals surface area contributed by atoms with Crippen LogP contribution in [0.15, 0.2) is 41.9 Å². The van der Waals surface area contributed by atoms with E-state index in [4.69, 9.17) is 9.47 Å². The van der Waals surface area contributed by atoms with Crippen LogP contribution in [0.1, 0.15) is 97.2 Å². The van der Waals surface area contributed by atoms with E-state index in [1.165, 1.54) is 11.3 Å². The minimum Gasteiger partial charge on any atom is -0.379 e. The molecule has 0 spiro atoms. The number of hydrogen-bond donors (Lipinski definition) is 2. The molecule has 1 aromatic carbocycles. The molecule has 2 heterocycles. The summed E-state index contributed by atoms with van der Waals surface area (Å²) >= 11 is 1.51. The maximum absolute atomic E-state index is 14.4. The van der Waals surface area contributed by atoms with Crippen molar-refractivity contribution >= 4 is 35.0 Å². The zero-order valence-electron chi connectivity index (χ0n) is 36.0. The summed E-state index contributed by atoms with van der Waals surface area (Å²) in [5, 5.41) is 9.06. The quantitative estimate of drug-likeness (QED) is 0.158. The summed E-state index contributed by atoms with van der Waals surface area (Å²) in [5.41, 5.74) is 1.09.